The molecule has 1 saturated carbocycles. The van der Waals surface area contributed by atoms with E-state index in [-0.39, 0.29) is 24.9 Å². The first-order chi connectivity index (χ1) is 8.00. The van der Waals surface area contributed by atoms with Crippen LogP contribution in [0, 0.1) is 5.92 Å². The van der Waals surface area contributed by atoms with E-state index in [1.54, 1.807) is 0 Å². The maximum absolute atomic E-state index is 11.6. The van der Waals surface area contributed by atoms with Crippen molar-refractivity contribution in [3.05, 3.63) is 0 Å². The van der Waals surface area contributed by atoms with Gasteiger partial charge in [0.1, 0.15) is 0 Å². The van der Waals surface area contributed by atoms with Gasteiger partial charge in [0.2, 0.25) is 0 Å². The Balaban J connectivity index is 2.54. The largest absolute Gasteiger partial charge is 0.409 e. The van der Waals surface area contributed by atoms with E-state index in [0.717, 1.165) is 12.8 Å². The van der Waals surface area contributed by atoms with Crippen molar-refractivity contribution in [1.82, 2.24) is 9.44 Å². The van der Waals surface area contributed by atoms with Gasteiger partial charge in [0.25, 0.3) is 10.2 Å². The van der Waals surface area contributed by atoms with E-state index >= 15 is 0 Å². The summed E-state index contributed by atoms with van der Waals surface area (Å²) in [6.07, 6.45) is 1.73. The Morgan fingerprint density at radius 2 is 2.29 bits per heavy atom. The maximum atomic E-state index is 11.6. The summed E-state index contributed by atoms with van der Waals surface area (Å²) in [4.78, 5) is 0. The minimum Gasteiger partial charge on any atom is -0.409 e. The van der Waals surface area contributed by atoms with Crippen LogP contribution in [0.3, 0.4) is 0 Å². The number of ether oxygens (including phenoxy) is 1. The second-order valence-corrected chi connectivity index (χ2v) is 5.38. The molecule has 100 valence electrons. The average Bonchev–Trinajstić information content (AvgIpc) is 3.09. The van der Waals surface area contributed by atoms with Crippen LogP contribution in [0.5, 0.6) is 0 Å². The second-order valence-electron chi connectivity index (χ2n) is 3.85. The zero-order chi connectivity index (χ0) is 12.9. The van der Waals surface area contributed by atoms with Crippen molar-refractivity contribution < 1.29 is 18.4 Å². The van der Waals surface area contributed by atoms with Crippen LogP contribution in [-0.4, -0.2) is 45.8 Å². The van der Waals surface area contributed by atoms with Crippen LogP contribution < -0.4 is 15.2 Å². The molecule has 0 saturated heterocycles. The van der Waals surface area contributed by atoms with Gasteiger partial charge in [-0.25, -0.2) is 0 Å². The molecule has 0 aromatic rings. The van der Waals surface area contributed by atoms with Crippen LogP contribution in [0.15, 0.2) is 5.16 Å². The van der Waals surface area contributed by atoms with Crippen molar-refractivity contribution in [2.45, 2.75) is 18.9 Å². The van der Waals surface area contributed by atoms with Crippen LogP contribution >= 0.6 is 0 Å². The van der Waals surface area contributed by atoms with Crippen molar-refractivity contribution >= 4 is 16.0 Å². The van der Waals surface area contributed by atoms with Gasteiger partial charge in [-0.3, -0.25) is 0 Å². The smallest absolute Gasteiger partial charge is 0.277 e. The number of nitrogens with one attached hydrogen (secondary N) is 2. The molecule has 1 aliphatic carbocycles. The SMILES string of the molecule is COCCNS(=O)(=O)NC(C(N)=NO)C1CC1. The highest BCUT2D eigenvalue weighted by molar-refractivity contribution is 7.87. The summed E-state index contributed by atoms with van der Waals surface area (Å²) in [6.45, 7) is 0.442. The van der Waals surface area contributed by atoms with Gasteiger partial charge in [-0.15, -0.1) is 0 Å². The first-order valence-corrected chi connectivity index (χ1v) is 6.71. The third-order valence-electron chi connectivity index (χ3n) is 2.41. The number of hydrogen-bond acceptors (Lipinski definition) is 5. The number of oxime groups is 1. The minimum atomic E-state index is -3.67. The monoisotopic (exact) mass is 266 g/mol. The fourth-order valence-corrected chi connectivity index (χ4v) is 2.46. The first kappa shape index (κ1) is 14.2. The number of rotatable bonds is 8. The molecule has 5 N–H and O–H groups in total. The lowest BCUT2D eigenvalue weighted by molar-refractivity contribution is 0.204. The van der Waals surface area contributed by atoms with Gasteiger partial charge in [-0.2, -0.15) is 17.9 Å². The highest BCUT2D eigenvalue weighted by Crippen LogP contribution is 2.32. The van der Waals surface area contributed by atoms with Gasteiger partial charge in [0.05, 0.1) is 12.6 Å². The minimum absolute atomic E-state index is 0.102. The lowest BCUT2D eigenvalue weighted by atomic mass is 10.2. The van der Waals surface area contributed by atoms with E-state index < -0.39 is 16.3 Å². The van der Waals surface area contributed by atoms with Gasteiger partial charge in [0.15, 0.2) is 5.84 Å². The standard InChI is InChI=1S/C8H18N4O4S/c1-16-5-4-10-17(14,15)12-7(6-2-3-6)8(9)11-13/h6-7,10,12-13H,2-5H2,1H3,(H2,9,11). The van der Waals surface area contributed by atoms with Crippen molar-refractivity contribution in [2.24, 2.45) is 16.8 Å². The maximum Gasteiger partial charge on any atom is 0.277 e. The molecule has 0 aromatic carbocycles. The molecule has 0 bridgehead atoms. The average molecular weight is 266 g/mol. The third-order valence-corrected chi connectivity index (χ3v) is 3.56. The molecule has 1 atom stereocenters. The summed E-state index contributed by atoms with van der Waals surface area (Å²) >= 11 is 0. The Hall–Kier alpha value is -0.900. The Labute approximate surface area is 100 Å². The topological polar surface area (TPSA) is 126 Å². The summed E-state index contributed by atoms with van der Waals surface area (Å²) in [7, 11) is -2.19. The molecule has 1 unspecified atom stereocenters. The van der Waals surface area contributed by atoms with Crippen LogP contribution in [0.25, 0.3) is 0 Å². The number of methoxy groups -OCH3 is 1. The number of nitrogens with zero attached hydrogens (tertiary/aromatic N) is 1. The molecule has 0 heterocycles. The van der Waals surface area contributed by atoms with Crippen LogP contribution in [-0.2, 0) is 14.9 Å². The zero-order valence-electron chi connectivity index (χ0n) is 9.59. The molecule has 17 heavy (non-hydrogen) atoms. The highest BCUT2D eigenvalue weighted by atomic mass is 32.2. The second kappa shape index (κ2) is 6.15. The fourth-order valence-electron chi connectivity index (χ4n) is 1.38. The highest BCUT2D eigenvalue weighted by Gasteiger charge is 2.36. The molecular formula is C8H18N4O4S. The van der Waals surface area contributed by atoms with E-state index in [2.05, 4.69) is 14.6 Å². The van der Waals surface area contributed by atoms with Crippen molar-refractivity contribution in [3.8, 4) is 0 Å². The van der Waals surface area contributed by atoms with E-state index in [1.807, 2.05) is 0 Å². The predicted octanol–water partition coefficient (Wildman–Crippen LogP) is -1.42. The predicted molar refractivity (Wildman–Crippen MR) is 61.9 cm³/mol. The molecule has 8 nitrogen and oxygen atoms in total. The van der Waals surface area contributed by atoms with Gasteiger partial charge in [-0.1, -0.05) is 5.16 Å². The van der Waals surface area contributed by atoms with Gasteiger partial charge >= 0.3 is 0 Å². The van der Waals surface area contributed by atoms with E-state index in [9.17, 15) is 8.42 Å². The molecular weight excluding hydrogens is 248 g/mol. The Kier molecular flexibility index (Phi) is 5.12. The molecule has 1 aliphatic rings. The summed E-state index contributed by atoms with van der Waals surface area (Å²) < 4.78 is 32.6. The Morgan fingerprint density at radius 1 is 1.65 bits per heavy atom. The summed E-state index contributed by atoms with van der Waals surface area (Å²) in [5, 5.41) is 11.4. The van der Waals surface area contributed by atoms with Crippen molar-refractivity contribution in [1.29, 1.82) is 0 Å². The normalized spacial score (nSPS) is 19.2. The summed E-state index contributed by atoms with van der Waals surface area (Å²) in [5.41, 5.74) is 5.44. The summed E-state index contributed by atoms with van der Waals surface area (Å²) in [5.74, 6) is -0.0190. The van der Waals surface area contributed by atoms with E-state index in [4.69, 9.17) is 15.7 Å². The van der Waals surface area contributed by atoms with Gasteiger partial charge in [0, 0.05) is 13.7 Å². The fraction of sp³-hybridized carbons (Fsp3) is 0.875. The van der Waals surface area contributed by atoms with Crippen molar-refractivity contribution in [2.75, 3.05) is 20.3 Å². The lowest BCUT2D eigenvalue weighted by Gasteiger charge is -2.16. The third kappa shape index (κ3) is 4.86. The van der Waals surface area contributed by atoms with E-state index in [1.165, 1.54) is 7.11 Å². The molecule has 9 heteroatoms. The van der Waals surface area contributed by atoms with Gasteiger partial charge in [-0.05, 0) is 18.8 Å². The zero-order valence-corrected chi connectivity index (χ0v) is 10.4. The van der Waals surface area contributed by atoms with E-state index in [0.29, 0.717) is 0 Å². The number of amidine groups is 1. The molecule has 0 amide bonds. The van der Waals surface area contributed by atoms with Crippen LogP contribution in [0.4, 0.5) is 0 Å². The van der Waals surface area contributed by atoms with Crippen LogP contribution in [0.2, 0.25) is 0 Å². The molecule has 1 fully saturated rings. The Bertz CT molecular complexity index is 366. The Morgan fingerprint density at radius 3 is 2.76 bits per heavy atom. The molecule has 0 aliphatic heterocycles. The molecule has 0 aromatic heterocycles. The van der Waals surface area contributed by atoms with Gasteiger partial charge < -0.3 is 15.7 Å². The first-order valence-electron chi connectivity index (χ1n) is 5.23. The number of nitrogens with two attached hydrogens (primary N) is 1. The van der Waals surface area contributed by atoms with Crippen molar-refractivity contribution in [3.63, 3.8) is 0 Å². The molecule has 1 rings (SSSR count). The summed E-state index contributed by atoms with van der Waals surface area (Å²) in [6, 6.07) is -0.653. The number of hydrogen-bond donors (Lipinski definition) is 4. The quantitative estimate of drug-likeness (QED) is 0.141. The van der Waals surface area contributed by atoms with Crippen LogP contribution in [0.1, 0.15) is 12.8 Å². The molecule has 0 spiro atoms. The molecule has 0 radical (unpaired) electrons. The lowest BCUT2D eigenvalue weighted by Crippen LogP contribution is -2.50.